The third-order valence-electron chi connectivity index (χ3n) is 2.82. The van der Waals surface area contributed by atoms with Crippen molar-refractivity contribution in [3.8, 4) is 0 Å². The molecular formula is C15H16N4O2. The van der Waals surface area contributed by atoms with Crippen LogP contribution in [0.2, 0.25) is 0 Å². The van der Waals surface area contributed by atoms with Crippen LogP contribution >= 0.6 is 0 Å². The molecule has 0 fully saturated rings. The number of benzene rings is 1. The zero-order valence-electron chi connectivity index (χ0n) is 11.9. The van der Waals surface area contributed by atoms with Gasteiger partial charge >= 0.3 is 0 Å². The summed E-state index contributed by atoms with van der Waals surface area (Å²) < 4.78 is 0. The Hall–Kier alpha value is -2.76. The Morgan fingerprint density at radius 1 is 1.33 bits per heavy atom. The SMILES string of the molecule is Cc1cccc(CNC(=O)c2cc(/C=N\O)nc(C)n2)c1. The molecule has 0 radical (unpaired) electrons. The van der Waals surface area contributed by atoms with E-state index in [9.17, 15) is 4.79 Å². The molecule has 0 saturated heterocycles. The van der Waals surface area contributed by atoms with Gasteiger partial charge in [0, 0.05) is 6.54 Å². The van der Waals surface area contributed by atoms with Gasteiger partial charge in [-0.25, -0.2) is 9.97 Å². The summed E-state index contributed by atoms with van der Waals surface area (Å²) in [7, 11) is 0. The lowest BCUT2D eigenvalue weighted by Gasteiger charge is -2.06. The van der Waals surface area contributed by atoms with Gasteiger partial charge in [0.15, 0.2) is 0 Å². The van der Waals surface area contributed by atoms with Crippen molar-refractivity contribution < 1.29 is 10.0 Å². The maximum Gasteiger partial charge on any atom is 0.270 e. The van der Waals surface area contributed by atoms with Crippen LogP contribution in [-0.4, -0.2) is 27.3 Å². The van der Waals surface area contributed by atoms with E-state index < -0.39 is 0 Å². The molecule has 0 spiro atoms. The summed E-state index contributed by atoms with van der Waals surface area (Å²) in [5, 5.41) is 14.2. The number of rotatable bonds is 4. The van der Waals surface area contributed by atoms with E-state index in [0.29, 0.717) is 18.1 Å². The van der Waals surface area contributed by atoms with Crippen molar-refractivity contribution in [3.63, 3.8) is 0 Å². The van der Waals surface area contributed by atoms with Gasteiger partial charge in [0.25, 0.3) is 5.91 Å². The van der Waals surface area contributed by atoms with Crippen LogP contribution in [0.15, 0.2) is 35.5 Å². The van der Waals surface area contributed by atoms with Crippen molar-refractivity contribution in [1.82, 2.24) is 15.3 Å². The number of aromatic nitrogens is 2. The lowest BCUT2D eigenvalue weighted by molar-refractivity contribution is 0.0945. The molecule has 21 heavy (non-hydrogen) atoms. The second-order valence-corrected chi connectivity index (χ2v) is 4.64. The number of aryl methyl sites for hydroxylation is 2. The van der Waals surface area contributed by atoms with E-state index >= 15 is 0 Å². The van der Waals surface area contributed by atoms with E-state index in [1.165, 1.54) is 6.07 Å². The molecule has 6 nitrogen and oxygen atoms in total. The molecule has 108 valence electrons. The Bertz CT molecular complexity index is 683. The highest BCUT2D eigenvalue weighted by Crippen LogP contribution is 2.05. The van der Waals surface area contributed by atoms with Gasteiger partial charge in [-0.3, -0.25) is 4.79 Å². The monoisotopic (exact) mass is 284 g/mol. The Labute approximate surface area is 122 Å². The summed E-state index contributed by atoms with van der Waals surface area (Å²) in [5.41, 5.74) is 2.78. The predicted molar refractivity (Wildman–Crippen MR) is 78.5 cm³/mol. The van der Waals surface area contributed by atoms with Crippen molar-refractivity contribution in [3.05, 3.63) is 58.7 Å². The summed E-state index contributed by atoms with van der Waals surface area (Å²) in [5.74, 6) is 0.141. The van der Waals surface area contributed by atoms with Gasteiger partial charge in [0.05, 0.1) is 11.9 Å². The van der Waals surface area contributed by atoms with Gasteiger partial charge in [-0.1, -0.05) is 35.0 Å². The van der Waals surface area contributed by atoms with E-state index in [1.807, 2.05) is 31.2 Å². The zero-order chi connectivity index (χ0) is 15.2. The molecule has 0 atom stereocenters. The highest BCUT2D eigenvalue weighted by molar-refractivity contribution is 5.93. The van der Waals surface area contributed by atoms with Gasteiger partial charge < -0.3 is 10.5 Å². The van der Waals surface area contributed by atoms with Gasteiger partial charge in [0.2, 0.25) is 0 Å². The molecule has 1 amide bonds. The fourth-order valence-electron chi connectivity index (χ4n) is 1.93. The van der Waals surface area contributed by atoms with Gasteiger partial charge in [-0.2, -0.15) is 0 Å². The van der Waals surface area contributed by atoms with Gasteiger partial charge in [-0.15, -0.1) is 0 Å². The van der Waals surface area contributed by atoms with Crippen LogP contribution in [-0.2, 0) is 6.54 Å². The average molecular weight is 284 g/mol. The summed E-state index contributed by atoms with van der Waals surface area (Å²) in [6.45, 7) is 4.10. The molecule has 2 N–H and O–H groups in total. The fourth-order valence-corrected chi connectivity index (χ4v) is 1.93. The predicted octanol–water partition coefficient (Wildman–Crippen LogP) is 1.83. The van der Waals surface area contributed by atoms with Crippen LogP contribution < -0.4 is 5.32 Å². The molecule has 1 aromatic carbocycles. The number of carbonyl (C=O) groups excluding carboxylic acids is 1. The van der Waals surface area contributed by atoms with E-state index in [1.54, 1.807) is 6.92 Å². The largest absolute Gasteiger partial charge is 0.411 e. The molecule has 0 aliphatic carbocycles. The van der Waals surface area contributed by atoms with Crippen molar-refractivity contribution in [1.29, 1.82) is 0 Å². The number of oxime groups is 1. The fraction of sp³-hybridized carbons (Fsp3) is 0.200. The van der Waals surface area contributed by atoms with Crippen LogP contribution in [0, 0.1) is 13.8 Å². The highest BCUT2D eigenvalue weighted by Gasteiger charge is 2.09. The van der Waals surface area contributed by atoms with Crippen LogP contribution in [0.3, 0.4) is 0 Å². The van der Waals surface area contributed by atoms with Gasteiger partial charge in [0.1, 0.15) is 11.5 Å². The number of amides is 1. The van der Waals surface area contributed by atoms with Crippen LogP contribution in [0.4, 0.5) is 0 Å². The smallest absolute Gasteiger partial charge is 0.270 e. The summed E-state index contributed by atoms with van der Waals surface area (Å²) in [4.78, 5) is 20.2. The van der Waals surface area contributed by atoms with Crippen LogP contribution in [0.1, 0.15) is 33.1 Å². The first-order valence-electron chi connectivity index (χ1n) is 6.45. The van der Waals surface area contributed by atoms with Crippen molar-refractivity contribution in [2.75, 3.05) is 0 Å². The number of nitrogens with one attached hydrogen (secondary N) is 1. The normalized spacial score (nSPS) is 10.8. The first-order valence-corrected chi connectivity index (χ1v) is 6.45. The maximum absolute atomic E-state index is 12.1. The Morgan fingerprint density at radius 3 is 2.86 bits per heavy atom. The minimum atomic E-state index is -0.297. The topological polar surface area (TPSA) is 87.5 Å². The van der Waals surface area contributed by atoms with Crippen LogP contribution in [0.25, 0.3) is 0 Å². The Balaban J connectivity index is 2.10. The lowest BCUT2D eigenvalue weighted by Crippen LogP contribution is -2.24. The molecule has 0 saturated carbocycles. The quantitative estimate of drug-likeness (QED) is 0.509. The Morgan fingerprint density at radius 2 is 2.14 bits per heavy atom. The van der Waals surface area contributed by atoms with E-state index in [-0.39, 0.29) is 11.6 Å². The maximum atomic E-state index is 12.1. The average Bonchev–Trinajstić information content (AvgIpc) is 2.44. The molecule has 1 aromatic heterocycles. The Kier molecular flexibility index (Phi) is 4.61. The molecule has 0 unspecified atom stereocenters. The van der Waals surface area contributed by atoms with Gasteiger partial charge in [-0.05, 0) is 25.5 Å². The molecular weight excluding hydrogens is 268 g/mol. The number of hydrogen-bond donors (Lipinski definition) is 2. The lowest BCUT2D eigenvalue weighted by atomic mass is 10.1. The molecule has 2 aromatic rings. The molecule has 0 bridgehead atoms. The number of carbonyl (C=O) groups is 1. The van der Waals surface area contributed by atoms with Crippen molar-refractivity contribution in [2.45, 2.75) is 20.4 Å². The van der Waals surface area contributed by atoms with Crippen molar-refractivity contribution in [2.24, 2.45) is 5.16 Å². The molecule has 0 aliphatic heterocycles. The van der Waals surface area contributed by atoms with E-state index in [4.69, 9.17) is 5.21 Å². The minimum absolute atomic E-state index is 0.241. The van der Waals surface area contributed by atoms with Crippen molar-refractivity contribution >= 4 is 12.1 Å². The number of hydrogen-bond acceptors (Lipinski definition) is 5. The third-order valence-corrected chi connectivity index (χ3v) is 2.82. The third kappa shape index (κ3) is 4.10. The number of nitrogens with zero attached hydrogens (tertiary/aromatic N) is 3. The summed E-state index contributed by atoms with van der Waals surface area (Å²) in [6, 6.07) is 9.37. The first kappa shape index (κ1) is 14.6. The minimum Gasteiger partial charge on any atom is -0.411 e. The molecule has 6 heteroatoms. The first-order chi connectivity index (χ1) is 10.1. The molecule has 2 rings (SSSR count). The second kappa shape index (κ2) is 6.60. The molecule has 1 heterocycles. The van der Waals surface area contributed by atoms with E-state index in [2.05, 4.69) is 20.4 Å². The highest BCUT2D eigenvalue weighted by atomic mass is 16.4. The van der Waals surface area contributed by atoms with Crippen LogP contribution in [0.5, 0.6) is 0 Å². The standard InChI is InChI=1S/C15H16N4O2/c1-10-4-3-5-12(6-10)8-16-15(20)14-7-13(9-17-21)18-11(2)19-14/h3-7,9,21H,8H2,1-2H3,(H,16,20)/b17-9-. The molecule has 0 aliphatic rings. The summed E-state index contributed by atoms with van der Waals surface area (Å²) >= 11 is 0. The second-order valence-electron chi connectivity index (χ2n) is 4.64. The zero-order valence-corrected chi connectivity index (χ0v) is 11.9. The van der Waals surface area contributed by atoms with E-state index in [0.717, 1.165) is 17.3 Å². The summed E-state index contributed by atoms with van der Waals surface area (Å²) in [6.07, 6.45) is 1.16.